The molecular weight excluding hydrogens is 727 g/mol. The fourth-order valence-electron chi connectivity index (χ4n) is 6.99. The summed E-state index contributed by atoms with van der Waals surface area (Å²) >= 11 is 0. The van der Waals surface area contributed by atoms with E-state index >= 15 is 0 Å². The van der Waals surface area contributed by atoms with E-state index < -0.39 is 0 Å². The highest BCUT2D eigenvalue weighted by atomic mass is 14.7. The molecule has 60 heavy (non-hydrogen) atoms. The highest BCUT2D eigenvalue weighted by Crippen LogP contribution is 2.37. The number of aromatic nitrogens is 3. The number of nitrogens with zero attached hydrogens (tertiary/aromatic N) is 3. The Labute approximate surface area is 369 Å². The van der Waals surface area contributed by atoms with Gasteiger partial charge in [-0.15, -0.1) is 0 Å². The van der Waals surface area contributed by atoms with Crippen LogP contribution < -0.4 is 0 Å². The molecule has 0 amide bonds. The summed E-state index contributed by atoms with van der Waals surface area (Å²) in [5.41, 5.74) is 12.5. The molecule has 0 atom stereocenters. The third-order valence-corrected chi connectivity index (χ3v) is 10.2. The van der Waals surface area contributed by atoms with E-state index in [4.69, 9.17) is 0 Å². The lowest BCUT2D eigenvalue weighted by Crippen LogP contribution is -2.17. The van der Waals surface area contributed by atoms with Gasteiger partial charge < -0.3 is 0 Å². The number of benzene rings is 3. The molecule has 0 aliphatic heterocycles. The first kappa shape index (κ1) is 53.9. The number of pyridine rings is 3. The van der Waals surface area contributed by atoms with Gasteiger partial charge in [0.1, 0.15) is 0 Å². The summed E-state index contributed by atoms with van der Waals surface area (Å²) in [4.78, 5) is 13.5. The lowest BCUT2D eigenvalue weighted by molar-refractivity contribution is 0.580. The average molecular weight is 814 g/mol. The standard InChI is InChI=1S/3C17H23N.3C2H6/c1-16(2,3)12-7-8-15-13(11-12)14(9-10-18-15)17(4,5)6;1-16(2,3)12-7-8-13-14(17(4,5)6)9-10-18-15(13)11-12;1-16(2,3)12-8-7-9-14-15(12)13(10-11-18-14)17(4,5)6;3*1-2/h3*7-11H,1-6H3;3*1-2H3. The van der Waals surface area contributed by atoms with E-state index in [0.29, 0.717) is 0 Å². The van der Waals surface area contributed by atoms with E-state index in [9.17, 15) is 0 Å². The first-order valence-electron chi connectivity index (χ1n) is 22.8. The van der Waals surface area contributed by atoms with Crippen molar-refractivity contribution in [3.8, 4) is 0 Å². The van der Waals surface area contributed by atoms with Gasteiger partial charge in [0, 0.05) is 34.7 Å². The number of hydrogen-bond donors (Lipinski definition) is 0. The molecule has 0 unspecified atom stereocenters. The summed E-state index contributed by atoms with van der Waals surface area (Å²) in [5.74, 6) is 0. The highest BCUT2D eigenvalue weighted by molar-refractivity contribution is 5.88. The van der Waals surface area contributed by atoms with Gasteiger partial charge in [0.25, 0.3) is 0 Å². The largest absolute Gasteiger partial charge is 0.256 e. The van der Waals surface area contributed by atoms with E-state index in [0.717, 1.165) is 16.6 Å². The smallest absolute Gasteiger partial charge is 0.0707 e. The van der Waals surface area contributed by atoms with Crippen LogP contribution in [0.15, 0.2) is 91.4 Å². The zero-order chi connectivity index (χ0) is 46.7. The molecule has 330 valence electrons. The van der Waals surface area contributed by atoms with Crippen molar-refractivity contribution in [1.29, 1.82) is 0 Å². The second-order valence-corrected chi connectivity index (χ2v) is 21.2. The molecule has 3 heteroatoms. The fraction of sp³-hybridized carbons (Fsp3) is 0.526. The Bertz CT molecular complexity index is 2160. The second kappa shape index (κ2) is 21.6. The number of hydrogen-bond acceptors (Lipinski definition) is 3. The molecule has 0 saturated heterocycles. The molecule has 0 aliphatic carbocycles. The molecular formula is C57H87N3. The fourth-order valence-corrected chi connectivity index (χ4v) is 6.99. The number of rotatable bonds is 0. The van der Waals surface area contributed by atoms with Crippen LogP contribution >= 0.6 is 0 Å². The molecule has 3 aromatic carbocycles. The minimum absolute atomic E-state index is 0.141. The normalized spacial score (nSPS) is 12.0. The maximum atomic E-state index is 4.53. The second-order valence-electron chi connectivity index (χ2n) is 21.2. The topological polar surface area (TPSA) is 38.7 Å². The summed E-state index contributed by atoms with van der Waals surface area (Å²) in [6, 6.07) is 26.2. The first-order valence-corrected chi connectivity index (χ1v) is 22.8. The van der Waals surface area contributed by atoms with Gasteiger partial charge in [-0.2, -0.15) is 0 Å². The minimum Gasteiger partial charge on any atom is -0.256 e. The molecule has 6 rings (SSSR count). The Morgan fingerprint density at radius 1 is 0.300 bits per heavy atom. The van der Waals surface area contributed by atoms with Crippen molar-refractivity contribution in [2.24, 2.45) is 0 Å². The van der Waals surface area contributed by atoms with Crippen LogP contribution in [0.25, 0.3) is 32.7 Å². The molecule has 3 nitrogen and oxygen atoms in total. The molecule has 3 heterocycles. The molecule has 0 fully saturated rings. The summed E-state index contributed by atoms with van der Waals surface area (Å²) < 4.78 is 0. The van der Waals surface area contributed by atoms with Gasteiger partial charge in [0.2, 0.25) is 0 Å². The van der Waals surface area contributed by atoms with Gasteiger partial charge in [-0.25, -0.2) is 0 Å². The summed E-state index contributed by atoms with van der Waals surface area (Å²) in [6.07, 6.45) is 5.77. The predicted molar refractivity (Wildman–Crippen MR) is 271 cm³/mol. The van der Waals surface area contributed by atoms with Crippen LogP contribution in [0.1, 0.15) is 200 Å². The maximum Gasteiger partial charge on any atom is 0.0707 e. The highest BCUT2D eigenvalue weighted by Gasteiger charge is 2.24. The quantitative estimate of drug-likeness (QED) is 0.153. The van der Waals surface area contributed by atoms with Gasteiger partial charge in [-0.3, -0.25) is 15.0 Å². The summed E-state index contributed by atoms with van der Waals surface area (Å²) in [5, 5.41) is 3.90. The van der Waals surface area contributed by atoms with E-state index in [-0.39, 0.29) is 32.5 Å². The van der Waals surface area contributed by atoms with Crippen LogP contribution in [-0.2, 0) is 32.5 Å². The first-order chi connectivity index (χ1) is 27.6. The Morgan fingerprint density at radius 3 is 1.12 bits per heavy atom. The van der Waals surface area contributed by atoms with Crippen molar-refractivity contribution in [2.75, 3.05) is 0 Å². The molecule has 0 N–H and O–H groups in total. The average Bonchev–Trinajstić information content (AvgIpc) is 3.17. The van der Waals surface area contributed by atoms with E-state index in [1.807, 2.05) is 60.1 Å². The Hall–Kier alpha value is -4.11. The SMILES string of the molecule is CC.CC.CC.CC(C)(C)c1ccc2c(C(C)(C)C)ccnc2c1.CC(C)(C)c1ccc2nccc(C(C)(C)C)c2c1.CC(C)(C)c1cccc2nccc(C(C)(C)C)c12. The summed E-state index contributed by atoms with van der Waals surface area (Å²) in [7, 11) is 0. The molecule has 6 aromatic rings. The predicted octanol–water partition coefficient (Wildman–Crippen LogP) is 17.6. The van der Waals surface area contributed by atoms with Gasteiger partial charge in [0.15, 0.2) is 0 Å². The van der Waals surface area contributed by atoms with Crippen LogP contribution in [0.2, 0.25) is 0 Å². The van der Waals surface area contributed by atoms with Gasteiger partial charge in [0.05, 0.1) is 16.6 Å². The summed E-state index contributed by atoms with van der Waals surface area (Å²) in [6.45, 7) is 52.6. The molecule has 0 aliphatic rings. The molecule has 3 aromatic heterocycles. The minimum atomic E-state index is 0.141. The monoisotopic (exact) mass is 814 g/mol. The lowest BCUT2D eigenvalue weighted by Gasteiger charge is -2.27. The van der Waals surface area contributed by atoms with Gasteiger partial charge in [-0.05, 0) is 108 Å². The number of fused-ring (bicyclic) bond motifs is 3. The maximum absolute atomic E-state index is 4.53. The lowest BCUT2D eigenvalue weighted by atomic mass is 9.78. The zero-order valence-corrected chi connectivity index (χ0v) is 43.0. The Kier molecular flexibility index (Phi) is 19.4. The molecule has 0 bridgehead atoms. The molecule has 0 spiro atoms. The van der Waals surface area contributed by atoms with Crippen LogP contribution in [0.3, 0.4) is 0 Å². The van der Waals surface area contributed by atoms with Crippen LogP contribution in [-0.4, -0.2) is 15.0 Å². The van der Waals surface area contributed by atoms with E-state index in [1.54, 1.807) is 0 Å². The van der Waals surface area contributed by atoms with Crippen molar-refractivity contribution < 1.29 is 0 Å². The Morgan fingerprint density at radius 2 is 0.667 bits per heavy atom. The van der Waals surface area contributed by atoms with Crippen molar-refractivity contribution >= 4 is 32.7 Å². The molecule has 0 saturated carbocycles. The van der Waals surface area contributed by atoms with Crippen molar-refractivity contribution in [3.05, 3.63) is 125 Å². The van der Waals surface area contributed by atoms with Crippen LogP contribution in [0, 0.1) is 0 Å². The van der Waals surface area contributed by atoms with E-state index in [2.05, 4.69) is 212 Å². The van der Waals surface area contributed by atoms with Gasteiger partial charge >= 0.3 is 0 Å². The van der Waals surface area contributed by atoms with Crippen LogP contribution in [0.5, 0.6) is 0 Å². The zero-order valence-electron chi connectivity index (χ0n) is 43.0. The third-order valence-electron chi connectivity index (χ3n) is 10.2. The molecule has 0 radical (unpaired) electrons. The van der Waals surface area contributed by atoms with E-state index in [1.165, 1.54) is 49.5 Å². The van der Waals surface area contributed by atoms with Gasteiger partial charge in [-0.1, -0.05) is 197 Å². The van der Waals surface area contributed by atoms with Crippen molar-refractivity contribution in [2.45, 2.75) is 199 Å². The van der Waals surface area contributed by atoms with Crippen LogP contribution in [0.4, 0.5) is 0 Å². The third kappa shape index (κ3) is 14.5. The van der Waals surface area contributed by atoms with Crippen molar-refractivity contribution in [3.63, 3.8) is 0 Å². The van der Waals surface area contributed by atoms with Crippen molar-refractivity contribution in [1.82, 2.24) is 15.0 Å². The Balaban J connectivity index is 0.000000423.